The molecule has 1 atom stereocenters. The van der Waals surface area contributed by atoms with E-state index in [1.54, 1.807) is 36.4 Å². The standard InChI is InChI=1S/C25H22Br2NO7P/c1-25(32,36-33)16-11-19(26)22(20(27)12-16)35-17-7-8-21(29)18(13-17)23(30)28-10-9-14-3-5-15(6-4-14)24(31)34-2/h3-8,11-13,29,32H,9-10H2,1-2H3,(H,28,30). The summed E-state index contributed by atoms with van der Waals surface area (Å²) in [6.45, 7) is 1.72. The van der Waals surface area contributed by atoms with Gasteiger partial charge in [0.15, 0.2) is 19.6 Å². The van der Waals surface area contributed by atoms with E-state index < -0.39 is 25.7 Å². The molecule has 0 saturated carbocycles. The van der Waals surface area contributed by atoms with E-state index in [1.807, 2.05) is 0 Å². The SMILES string of the molecule is COC(=O)c1ccc(CCNC(=O)c2cc(Oc3c(Br)cc(C(C)(O)P=O)cc3Br)ccc2O)cc1. The summed E-state index contributed by atoms with van der Waals surface area (Å²) in [4.78, 5) is 24.2. The third kappa shape index (κ3) is 6.70. The lowest BCUT2D eigenvalue weighted by Gasteiger charge is -2.18. The Morgan fingerprint density at radius 2 is 1.69 bits per heavy atom. The van der Waals surface area contributed by atoms with E-state index in [0.717, 1.165) is 5.56 Å². The van der Waals surface area contributed by atoms with Gasteiger partial charge in [-0.3, -0.25) is 9.36 Å². The number of carbonyl (C=O) groups is 2. The first-order chi connectivity index (χ1) is 17.1. The number of ether oxygens (including phenoxy) is 2. The van der Waals surface area contributed by atoms with Crippen LogP contribution < -0.4 is 10.1 Å². The lowest BCUT2D eigenvalue weighted by atomic mass is 10.1. The Morgan fingerprint density at radius 1 is 1.06 bits per heavy atom. The number of nitrogens with one attached hydrogen (secondary N) is 1. The van der Waals surface area contributed by atoms with Crippen molar-refractivity contribution in [3.63, 3.8) is 0 Å². The molecule has 0 fully saturated rings. The maximum atomic E-state index is 12.7. The lowest BCUT2D eigenvalue weighted by molar-refractivity contribution is 0.0600. The van der Waals surface area contributed by atoms with Crippen LogP contribution in [0.3, 0.4) is 0 Å². The van der Waals surface area contributed by atoms with Crippen molar-refractivity contribution in [2.75, 3.05) is 13.7 Å². The number of aliphatic hydroxyl groups is 1. The van der Waals surface area contributed by atoms with Gasteiger partial charge in [0.25, 0.3) is 5.91 Å². The highest BCUT2D eigenvalue weighted by Gasteiger charge is 2.26. The van der Waals surface area contributed by atoms with E-state index >= 15 is 0 Å². The molecule has 0 aromatic heterocycles. The molecule has 0 radical (unpaired) electrons. The molecule has 0 saturated heterocycles. The first kappa shape index (κ1) is 27.8. The smallest absolute Gasteiger partial charge is 0.337 e. The summed E-state index contributed by atoms with van der Waals surface area (Å²) in [5.41, 5.74) is 1.79. The fourth-order valence-electron chi connectivity index (χ4n) is 3.20. The van der Waals surface area contributed by atoms with Crippen LogP contribution in [0.15, 0.2) is 63.5 Å². The highest BCUT2D eigenvalue weighted by molar-refractivity contribution is 9.11. The lowest BCUT2D eigenvalue weighted by Crippen LogP contribution is -2.25. The van der Waals surface area contributed by atoms with Crippen LogP contribution in [0.25, 0.3) is 0 Å². The maximum Gasteiger partial charge on any atom is 0.337 e. The van der Waals surface area contributed by atoms with Gasteiger partial charge in [0.05, 0.1) is 27.2 Å². The Balaban J connectivity index is 1.69. The Hall–Kier alpha value is -2.78. The normalized spacial score (nSPS) is 12.6. The minimum absolute atomic E-state index is 0.0329. The number of phenolic OH excluding ortho intramolecular Hbond substituents is 1. The zero-order chi connectivity index (χ0) is 26.5. The average molecular weight is 639 g/mol. The molecule has 0 aliphatic heterocycles. The Morgan fingerprint density at radius 3 is 2.28 bits per heavy atom. The second-order valence-electron chi connectivity index (χ2n) is 7.86. The largest absolute Gasteiger partial charge is 0.507 e. The zero-order valence-electron chi connectivity index (χ0n) is 19.2. The van der Waals surface area contributed by atoms with E-state index in [0.29, 0.717) is 44.5 Å². The number of benzene rings is 3. The first-order valence-electron chi connectivity index (χ1n) is 10.6. The third-order valence-corrected chi connectivity index (χ3v) is 7.02. The van der Waals surface area contributed by atoms with E-state index in [2.05, 4.69) is 41.9 Å². The molecular weight excluding hydrogens is 617 g/mol. The van der Waals surface area contributed by atoms with Crippen LogP contribution in [-0.4, -0.2) is 35.7 Å². The number of carbonyl (C=O) groups excluding carboxylic acids is 2. The summed E-state index contributed by atoms with van der Waals surface area (Å²) in [5.74, 6) is -0.454. The minimum atomic E-state index is -1.57. The number of hydrogen-bond acceptors (Lipinski definition) is 7. The van der Waals surface area contributed by atoms with Gasteiger partial charge in [0, 0.05) is 6.54 Å². The molecule has 0 aliphatic rings. The summed E-state index contributed by atoms with van der Waals surface area (Å²) in [7, 11) is 0.863. The minimum Gasteiger partial charge on any atom is -0.507 e. The number of aromatic hydroxyl groups is 1. The Labute approximate surface area is 226 Å². The number of methoxy groups -OCH3 is 1. The van der Waals surface area contributed by atoms with E-state index in [1.165, 1.54) is 32.2 Å². The number of hydrogen-bond donors (Lipinski definition) is 3. The predicted octanol–water partition coefficient (Wildman–Crippen LogP) is 5.93. The van der Waals surface area contributed by atoms with Crippen LogP contribution in [0, 0.1) is 0 Å². The monoisotopic (exact) mass is 637 g/mol. The quantitative estimate of drug-likeness (QED) is 0.196. The van der Waals surface area contributed by atoms with E-state index in [4.69, 9.17) is 4.74 Å². The topological polar surface area (TPSA) is 122 Å². The van der Waals surface area contributed by atoms with Gasteiger partial charge in [0.1, 0.15) is 11.5 Å². The van der Waals surface area contributed by atoms with Gasteiger partial charge in [-0.15, -0.1) is 0 Å². The molecule has 3 rings (SSSR count). The first-order valence-corrected chi connectivity index (χ1v) is 13.0. The molecule has 0 aliphatic carbocycles. The van der Waals surface area contributed by atoms with Crippen LogP contribution in [0.1, 0.15) is 38.8 Å². The Kier molecular flexibility index (Phi) is 9.24. The number of amides is 1. The van der Waals surface area contributed by atoms with Crippen molar-refractivity contribution in [1.29, 1.82) is 0 Å². The van der Waals surface area contributed by atoms with Crippen LogP contribution in [0.4, 0.5) is 0 Å². The maximum absolute atomic E-state index is 12.7. The predicted molar refractivity (Wildman–Crippen MR) is 141 cm³/mol. The van der Waals surface area contributed by atoms with Crippen molar-refractivity contribution >= 4 is 52.2 Å². The molecular formula is C25H22Br2NO7P. The number of phenols is 1. The third-order valence-electron chi connectivity index (χ3n) is 5.23. The average Bonchev–Trinajstić information content (AvgIpc) is 2.86. The Bertz CT molecular complexity index is 1270. The van der Waals surface area contributed by atoms with Crippen molar-refractivity contribution in [3.05, 3.63) is 85.8 Å². The van der Waals surface area contributed by atoms with E-state index in [-0.39, 0.29) is 11.3 Å². The second kappa shape index (κ2) is 12.0. The number of halogens is 2. The molecule has 8 nitrogen and oxygen atoms in total. The van der Waals surface area contributed by atoms with Crippen molar-refractivity contribution in [3.8, 4) is 17.2 Å². The molecule has 1 amide bonds. The van der Waals surface area contributed by atoms with Crippen LogP contribution in [-0.2, 0) is 21.1 Å². The van der Waals surface area contributed by atoms with Gasteiger partial charge < -0.3 is 25.0 Å². The molecule has 1 unspecified atom stereocenters. The summed E-state index contributed by atoms with van der Waals surface area (Å²) in [5, 5.41) is 21.6. The molecule has 0 bridgehead atoms. The molecule has 0 heterocycles. The van der Waals surface area contributed by atoms with Gasteiger partial charge >= 0.3 is 5.97 Å². The van der Waals surface area contributed by atoms with Crippen LogP contribution in [0.2, 0.25) is 0 Å². The van der Waals surface area contributed by atoms with Gasteiger partial charge in [0.2, 0.25) is 0 Å². The summed E-state index contributed by atoms with van der Waals surface area (Å²) in [6, 6.07) is 14.3. The number of rotatable bonds is 9. The van der Waals surface area contributed by atoms with Crippen molar-refractivity contribution in [2.45, 2.75) is 18.7 Å². The molecule has 36 heavy (non-hydrogen) atoms. The molecule has 188 valence electrons. The van der Waals surface area contributed by atoms with Gasteiger partial charge in [-0.2, -0.15) is 0 Å². The van der Waals surface area contributed by atoms with Gasteiger partial charge in [-0.1, -0.05) is 12.1 Å². The fourth-order valence-corrected chi connectivity index (χ4v) is 4.79. The van der Waals surface area contributed by atoms with Crippen molar-refractivity contribution in [2.24, 2.45) is 0 Å². The molecule has 3 N–H and O–H groups in total. The molecule has 11 heteroatoms. The van der Waals surface area contributed by atoms with E-state index in [9.17, 15) is 24.4 Å². The molecule has 3 aromatic rings. The van der Waals surface area contributed by atoms with Crippen LogP contribution >= 0.6 is 40.3 Å². The van der Waals surface area contributed by atoms with Gasteiger partial charge in [-0.25, -0.2) is 4.79 Å². The van der Waals surface area contributed by atoms with Crippen LogP contribution in [0.5, 0.6) is 17.2 Å². The summed E-state index contributed by atoms with van der Waals surface area (Å²) < 4.78 is 22.8. The van der Waals surface area contributed by atoms with Crippen molar-refractivity contribution in [1.82, 2.24) is 5.32 Å². The summed E-state index contributed by atoms with van der Waals surface area (Å²) >= 11 is 6.77. The molecule has 3 aromatic carbocycles. The second-order valence-corrected chi connectivity index (χ2v) is 10.6. The van der Waals surface area contributed by atoms with Crippen molar-refractivity contribution < 1.29 is 33.8 Å². The molecule has 0 spiro atoms. The summed E-state index contributed by atoms with van der Waals surface area (Å²) in [6.07, 6.45) is 0.517. The fraction of sp³-hybridized carbons (Fsp3) is 0.200. The highest BCUT2D eigenvalue weighted by atomic mass is 79.9. The zero-order valence-corrected chi connectivity index (χ0v) is 23.3. The number of esters is 1. The highest BCUT2D eigenvalue weighted by Crippen LogP contribution is 2.42. The van der Waals surface area contributed by atoms with Gasteiger partial charge in [-0.05, 0) is 98.8 Å².